The number of benzene rings is 2. The molecule has 0 N–H and O–H groups in total. The minimum atomic E-state index is 1.04. The number of hydrogen-bond acceptors (Lipinski definition) is 2. The van der Waals surface area contributed by atoms with Crippen molar-refractivity contribution in [1.82, 2.24) is 5.01 Å². The molecule has 3 rings (SSSR count). The third kappa shape index (κ3) is 1.68. The van der Waals surface area contributed by atoms with Gasteiger partial charge in [0.1, 0.15) is 0 Å². The second-order valence-corrected chi connectivity index (χ2v) is 4.80. The molecule has 0 radical (unpaired) electrons. The first kappa shape index (κ1) is 11.5. The van der Waals surface area contributed by atoms with Crippen LogP contribution in [0.1, 0.15) is 19.4 Å². The average molecular weight is 240 g/mol. The van der Waals surface area contributed by atoms with Crippen LogP contribution in [0.25, 0.3) is 10.8 Å². The highest BCUT2D eigenvalue weighted by Gasteiger charge is 2.22. The largest absolute Gasteiger partial charge is 0.306 e. The van der Waals surface area contributed by atoms with Gasteiger partial charge in [-0.3, -0.25) is 0 Å². The number of anilines is 1. The molecule has 94 valence electrons. The highest BCUT2D eigenvalue weighted by atomic mass is 15.6. The van der Waals surface area contributed by atoms with E-state index in [1.807, 2.05) is 0 Å². The monoisotopic (exact) mass is 240 g/mol. The van der Waals surface area contributed by atoms with Crippen molar-refractivity contribution >= 4 is 16.5 Å². The summed E-state index contributed by atoms with van der Waals surface area (Å²) in [5.74, 6) is 0. The fourth-order valence-corrected chi connectivity index (χ4v) is 3.04. The van der Waals surface area contributed by atoms with Crippen molar-refractivity contribution in [2.24, 2.45) is 0 Å². The lowest BCUT2D eigenvalue weighted by atomic mass is 9.98. The number of nitrogens with zero attached hydrogens (tertiary/aromatic N) is 2. The fraction of sp³-hybridized carbons (Fsp3) is 0.375. The van der Waals surface area contributed by atoms with Gasteiger partial charge in [-0.2, -0.15) is 0 Å². The van der Waals surface area contributed by atoms with Gasteiger partial charge in [0.25, 0.3) is 0 Å². The van der Waals surface area contributed by atoms with Crippen molar-refractivity contribution in [3.8, 4) is 0 Å². The number of rotatable bonds is 2. The summed E-state index contributed by atoms with van der Waals surface area (Å²) in [6, 6.07) is 13.2. The van der Waals surface area contributed by atoms with E-state index in [-0.39, 0.29) is 0 Å². The van der Waals surface area contributed by atoms with Crippen molar-refractivity contribution in [3.63, 3.8) is 0 Å². The Kier molecular flexibility index (Phi) is 2.96. The Morgan fingerprint density at radius 2 is 1.83 bits per heavy atom. The van der Waals surface area contributed by atoms with Gasteiger partial charge in [-0.15, -0.1) is 0 Å². The molecule has 18 heavy (non-hydrogen) atoms. The molecule has 2 aromatic rings. The van der Waals surface area contributed by atoms with Crippen LogP contribution in [0.5, 0.6) is 0 Å². The van der Waals surface area contributed by atoms with E-state index in [0.717, 1.165) is 26.1 Å². The third-order valence-corrected chi connectivity index (χ3v) is 3.92. The molecule has 0 saturated carbocycles. The van der Waals surface area contributed by atoms with Crippen molar-refractivity contribution in [2.75, 3.05) is 24.6 Å². The second-order valence-electron chi connectivity index (χ2n) is 4.80. The average Bonchev–Trinajstić information content (AvgIpc) is 2.45. The lowest BCUT2D eigenvalue weighted by Crippen LogP contribution is -2.47. The normalized spacial score (nSPS) is 16.0. The first-order chi connectivity index (χ1) is 8.85. The van der Waals surface area contributed by atoms with Crippen molar-refractivity contribution in [2.45, 2.75) is 20.3 Å². The van der Waals surface area contributed by atoms with Crippen LogP contribution in [0, 0.1) is 0 Å². The first-order valence-electron chi connectivity index (χ1n) is 6.88. The van der Waals surface area contributed by atoms with E-state index in [1.165, 1.54) is 22.0 Å². The lowest BCUT2D eigenvalue weighted by molar-refractivity contribution is 0.257. The Balaban J connectivity index is 2.18. The van der Waals surface area contributed by atoms with Gasteiger partial charge in [-0.05, 0) is 35.7 Å². The maximum atomic E-state index is 2.44. The number of hydrogen-bond donors (Lipinski definition) is 0. The highest BCUT2D eigenvalue weighted by Crippen LogP contribution is 2.33. The van der Waals surface area contributed by atoms with Crippen LogP contribution in [-0.2, 0) is 6.42 Å². The van der Waals surface area contributed by atoms with Gasteiger partial charge in [-0.25, -0.2) is 5.01 Å². The smallest absolute Gasteiger partial charge is 0.0560 e. The Hall–Kier alpha value is -1.54. The molecular formula is C16H20N2. The van der Waals surface area contributed by atoms with Gasteiger partial charge >= 0.3 is 0 Å². The van der Waals surface area contributed by atoms with Crippen molar-refractivity contribution < 1.29 is 0 Å². The number of likely N-dealkylation sites (N-methyl/N-ethyl adjacent to an activating group) is 1. The minimum absolute atomic E-state index is 1.04. The van der Waals surface area contributed by atoms with Gasteiger partial charge in [0.15, 0.2) is 0 Å². The Bertz CT molecular complexity index is 562. The van der Waals surface area contributed by atoms with Gasteiger partial charge in [0.2, 0.25) is 0 Å². The molecular weight excluding hydrogens is 220 g/mol. The lowest BCUT2D eigenvalue weighted by Gasteiger charge is -2.40. The minimum Gasteiger partial charge on any atom is -0.306 e. The quantitative estimate of drug-likeness (QED) is 0.793. The molecule has 1 aliphatic rings. The van der Waals surface area contributed by atoms with Gasteiger partial charge in [0, 0.05) is 19.6 Å². The van der Waals surface area contributed by atoms with Crippen molar-refractivity contribution in [3.05, 3.63) is 42.0 Å². The molecule has 0 fully saturated rings. The first-order valence-corrected chi connectivity index (χ1v) is 6.88. The van der Waals surface area contributed by atoms with Crippen molar-refractivity contribution in [1.29, 1.82) is 0 Å². The third-order valence-electron chi connectivity index (χ3n) is 3.92. The Labute approximate surface area is 109 Å². The van der Waals surface area contributed by atoms with Crippen LogP contribution >= 0.6 is 0 Å². The van der Waals surface area contributed by atoms with Crippen LogP contribution < -0.4 is 5.01 Å². The summed E-state index contributed by atoms with van der Waals surface area (Å²) >= 11 is 0. The topological polar surface area (TPSA) is 6.48 Å². The van der Waals surface area contributed by atoms with E-state index in [4.69, 9.17) is 0 Å². The predicted octanol–water partition coefficient (Wildman–Crippen LogP) is 3.46. The van der Waals surface area contributed by atoms with E-state index in [2.05, 4.69) is 60.3 Å². The number of fused-ring (bicyclic) bond motifs is 3. The maximum Gasteiger partial charge on any atom is 0.0560 e. The zero-order valence-electron chi connectivity index (χ0n) is 11.2. The van der Waals surface area contributed by atoms with Crippen LogP contribution in [0.4, 0.5) is 5.69 Å². The predicted molar refractivity (Wildman–Crippen MR) is 77.9 cm³/mol. The molecule has 2 heteroatoms. The van der Waals surface area contributed by atoms with E-state index in [1.54, 1.807) is 0 Å². The molecule has 2 aromatic carbocycles. The molecule has 1 aliphatic heterocycles. The van der Waals surface area contributed by atoms with Gasteiger partial charge < -0.3 is 5.01 Å². The number of hydrazine groups is 1. The van der Waals surface area contributed by atoms with E-state index in [9.17, 15) is 0 Å². The van der Waals surface area contributed by atoms with Gasteiger partial charge in [-0.1, -0.05) is 37.3 Å². The summed E-state index contributed by atoms with van der Waals surface area (Å²) in [6.45, 7) is 7.71. The molecule has 1 heterocycles. The Morgan fingerprint density at radius 1 is 1.00 bits per heavy atom. The summed E-state index contributed by atoms with van der Waals surface area (Å²) in [6.07, 6.45) is 1.15. The van der Waals surface area contributed by atoms with E-state index < -0.39 is 0 Å². The van der Waals surface area contributed by atoms with Crippen LogP contribution in [0.2, 0.25) is 0 Å². The zero-order chi connectivity index (χ0) is 12.5. The highest BCUT2D eigenvalue weighted by molar-refractivity contribution is 5.90. The summed E-state index contributed by atoms with van der Waals surface area (Å²) in [5, 5.41) is 7.64. The maximum absolute atomic E-state index is 2.44. The molecule has 0 bridgehead atoms. The molecule has 0 atom stereocenters. The van der Waals surface area contributed by atoms with Gasteiger partial charge in [0.05, 0.1) is 5.69 Å². The van der Waals surface area contributed by atoms with E-state index in [0.29, 0.717) is 0 Å². The molecule has 0 saturated heterocycles. The Morgan fingerprint density at radius 3 is 2.61 bits per heavy atom. The molecule has 0 aliphatic carbocycles. The SMILES string of the molecule is CCN1CCc2c(ccc3ccccc23)N1CC. The summed E-state index contributed by atoms with van der Waals surface area (Å²) in [7, 11) is 0. The summed E-state index contributed by atoms with van der Waals surface area (Å²) < 4.78 is 0. The second kappa shape index (κ2) is 4.62. The van der Waals surface area contributed by atoms with Crippen LogP contribution in [-0.4, -0.2) is 24.6 Å². The fourth-order valence-electron chi connectivity index (χ4n) is 3.04. The van der Waals surface area contributed by atoms with Crippen LogP contribution in [0.15, 0.2) is 36.4 Å². The molecule has 0 unspecified atom stereocenters. The van der Waals surface area contributed by atoms with E-state index >= 15 is 0 Å². The molecule has 0 spiro atoms. The summed E-state index contributed by atoms with van der Waals surface area (Å²) in [4.78, 5) is 0. The molecule has 0 amide bonds. The van der Waals surface area contributed by atoms with Crippen LogP contribution in [0.3, 0.4) is 0 Å². The summed E-state index contributed by atoms with van der Waals surface area (Å²) in [5.41, 5.74) is 2.91. The zero-order valence-corrected chi connectivity index (χ0v) is 11.2. The standard InChI is InChI=1S/C16H20N2/c1-3-17-12-11-15-14-8-6-5-7-13(14)9-10-16(15)18(17)4-2/h5-10H,3-4,11-12H2,1-2H3. The molecule has 2 nitrogen and oxygen atoms in total. The molecule has 0 aromatic heterocycles.